The van der Waals surface area contributed by atoms with Crippen molar-refractivity contribution in [2.75, 3.05) is 18.1 Å². The van der Waals surface area contributed by atoms with Crippen LogP contribution in [0.5, 0.6) is 0 Å². The number of aliphatic hydroxyl groups is 1. The Kier molecular flexibility index (Phi) is 4.45. The van der Waals surface area contributed by atoms with Crippen molar-refractivity contribution in [3.8, 4) is 6.07 Å². The molecule has 2 atom stereocenters. The smallest absolute Gasteiger partial charge is 0.394 e. The molecule has 4 nitrogen and oxygen atoms in total. The number of rotatable bonds is 2. The van der Waals surface area contributed by atoms with Gasteiger partial charge in [-0.15, -0.1) is 0 Å². The van der Waals surface area contributed by atoms with Gasteiger partial charge in [-0.2, -0.15) is 31.6 Å². The van der Waals surface area contributed by atoms with Gasteiger partial charge in [0, 0.05) is 6.54 Å². The SMILES string of the molecule is N#Cc1cccc(N2C[C@H](CO)O[C@H]2C(F)(F)F)c1C(F)(F)F. The van der Waals surface area contributed by atoms with Crippen molar-refractivity contribution < 1.29 is 36.2 Å². The van der Waals surface area contributed by atoms with Crippen molar-refractivity contribution in [3.63, 3.8) is 0 Å². The lowest BCUT2D eigenvalue weighted by molar-refractivity contribution is -0.216. The van der Waals surface area contributed by atoms with Gasteiger partial charge in [-0.3, -0.25) is 0 Å². The highest BCUT2D eigenvalue weighted by Gasteiger charge is 2.52. The van der Waals surface area contributed by atoms with Crippen LogP contribution >= 0.6 is 0 Å². The van der Waals surface area contributed by atoms with E-state index in [1.807, 2.05) is 0 Å². The van der Waals surface area contributed by atoms with Crippen LogP contribution < -0.4 is 4.90 Å². The molecule has 0 spiro atoms. The number of halogens is 6. The van der Waals surface area contributed by atoms with Gasteiger partial charge in [-0.05, 0) is 12.1 Å². The summed E-state index contributed by atoms with van der Waals surface area (Å²) in [6.07, 6.45) is -13.9. The number of ether oxygens (including phenoxy) is 1. The number of hydrogen-bond donors (Lipinski definition) is 1. The van der Waals surface area contributed by atoms with E-state index in [2.05, 4.69) is 4.74 Å². The minimum Gasteiger partial charge on any atom is -0.394 e. The van der Waals surface area contributed by atoms with Gasteiger partial charge in [0.05, 0.1) is 29.5 Å². The largest absolute Gasteiger partial charge is 0.433 e. The Morgan fingerprint density at radius 1 is 1.26 bits per heavy atom. The third-order valence-corrected chi connectivity index (χ3v) is 3.24. The van der Waals surface area contributed by atoms with Gasteiger partial charge < -0.3 is 14.7 Å². The van der Waals surface area contributed by atoms with Gasteiger partial charge in [0.15, 0.2) is 0 Å². The number of nitrogens with zero attached hydrogens (tertiary/aromatic N) is 2. The van der Waals surface area contributed by atoms with E-state index < -0.39 is 54.7 Å². The second-order valence-electron chi connectivity index (χ2n) is 4.80. The van der Waals surface area contributed by atoms with Crippen molar-refractivity contribution >= 4 is 5.69 Å². The Bertz CT molecular complexity index is 622. The van der Waals surface area contributed by atoms with E-state index in [1.165, 1.54) is 6.07 Å². The van der Waals surface area contributed by atoms with E-state index in [0.717, 1.165) is 18.2 Å². The summed E-state index contributed by atoms with van der Waals surface area (Å²) in [6.45, 7) is -1.36. The van der Waals surface area contributed by atoms with Crippen LogP contribution in [-0.4, -0.2) is 36.8 Å². The number of hydrogen-bond acceptors (Lipinski definition) is 4. The zero-order chi connectivity index (χ0) is 17.4. The fourth-order valence-corrected chi connectivity index (χ4v) is 2.36. The van der Waals surface area contributed by atoms with Crippen LogP contribution in [0.4, 0.5) is 32.0 Å². The fourth-order valence-electron chi connectivity index (χ4n) is 2.36. The third kappa shape index (κ3) is 3.35. The van der Waals surface area contributed by atoms with E-state index in [4.69, 9.17) is 10.4 Å². The van der Waals surface area contributed by atoms with E-state index in [1.54, 1.807) is 0 Å². The molecular weight excluding hydrogens is 330 g/mol. The van der Waals surface area contributed by atoms with Gasteiger partial charge in [-0.25, -0.2) is 0 Å². The first-order valence-corrected chi connectivity index (χ1v) is 6.29. The summed E-state index contributed by atoms with van der Waals surface area (Å²) in [7, 11) is 0. The van der Waals surface area contributed by atoms with Crippen LogP contribution in [0.1, 0.15) is 11.1 Å². The summed E-state index contributed by atoms with van der Waals surface area (Å²) >= 11 is 0. The van der Waals surface area contributed by atoms with Crippen molar-refractivity contribution in [1.82, 2.24) is 0 Å². The topological polar surface area (TPSA) is 56.5 Å². The maximum absolute atomic E-state index is 13.2. The number of anilines is 1. The Labute approximate surface area is 126 Å². The van der Waals surface area contributed by atoms with E-state index in [-0.39, 0.29) is 0 Å². The lowest BCUT2D eigenvalue weighted by Crippen LogP contribution is -2.43. The van der Waals surface area contributed by atoms with E-state index in [9.17, 15) is 26.3 Å². The number of nitriles is 1. The number of benzene rings is 1. The normalized spacial score (nSPS) is 22.3. The maximum atomic E-state index is 13.2. The average molecular weight is 340 g/mol. The number of alkyl halides is 6. The summed E-state index contributed by atoms with van der Waals surface area (Å²) in [5.74, 6) is 0. The zero-order valence-electron chi connectivity index (χ0n) is 11.3. The minimum atomic E-state index is -5.02. The first kappa shape index (κ1) is 17.4. The molecule has 1 aromatic carbocycles. The first-order valence-electron chi connectivity index (χ1n) is 6.29. The molecule has 0 amide bonds. The predicted molar refractivity (Wildman–Crippen MR) is 65.3 cm³/mol. The van der Waals surface area contributed by atoms with Crippen LogP contribution in [0, 0.1) is 11.3 Å². The molecule has 0 aromatic heterocycles. The summed E-state index contributed by atoms with van der Waals surface area (Å²) < 4.78 is 83.3. The molecular formula is C13H10F6N2O2. The summed E-state index contributed by atoms with van der Waals surface area (Å²) in [5.41, 5.74) is -3.06. The second kappa shape index (κ2) is 5.90. The van der Waals surface area contributed by atoms with Crippen LogP contribution in [0.25, 0.3) is 0 Å². The van der Waals surface area contributed by atoms with E-state index >= 15 is 0 Å². The van der Waals surface area contributed by atoms with Crippen molar-refractivity contribution in [2.45, 2.75) is 24.7 Å². The Morgan fingerprint density at radius 2 is 1.91 bits per heavy atom. The molecule has 0 radical (unpaired) electrons. The molecule has 1 aliphatic heterocycles. The highest BCUT2D eigenvalue weighted by atomic mass is 19.4. The molecule has 0 saturated carbocycles. The molecule has 1 N–H and O–H groups in total. The second-order valence-corrected chi connectivity index (χ2v) is 4.80. The van der Waals surface area contributed by atoms with Gasteiger partial charge in [0.2, 0.25) is 6.23 Å². The van der Waals surface area contributed by atoms with Crippen LogP contribution in [0.2, 0.25) is 0 Å². The number of aliphatic hydroxyl groups excluding tert-OH is 1. The van der Waals surface area contributed by atoms with Crippen LogP contribution in [0.15, 0.2) is 18.2 Å². The van der Waals surface area contributed by atoms with E-state index in [0.29, 0.717) is 4.90 Å². The molecule has 0 bridgehead atoms. The molecule has 1 aromatic rings. The zero-order valence-corrected chi connectivity index (χ0v) is 11.3. The molecule has 10 heteroatoms. The Hall–Kier alpha value is -1.99. The van der Waals surface area contributed by atoms with Gasteiger partial charge >= 0.3 is 12.4 Å². The van der Waals surface area contributed by atoms with Gasteiger partial charge in [0.1, 0.15) is 6.10 Å². The Balaban J connectivity index is 2.58. The van der Waals surface area contributed by atoms with Crippen LogP contribution in [-0.2, 0) is 10.9 Å². The highest BCUT2D eigenvalue weighted by Crippen LogP contribution is 2.43. The monoisotopic (exact) mass is 340 g/mol. The third-order valence-electron chi connectivity index (χ3n) is 3.24. The molecule has 1 saturated heterocycles. The summed E-state index contributed by atoms with van der Waals surface area (Å²) in [5, 5.41) is 17.8. The van der Waals surface area contributed by atoms with Crippen molar-refractivity contribution in [1.29, 1.82) is 5.26 Å². The molecule has 23 heavy (non-hydrogen) atoms. The molecule has 0 aliphatic carbocycles. The minimum absolute atomic E-state index is 0.366. The predicted octanol–water partition coefficient (Wildman–Crippen LogP) is 2.66. The average Bonchev–Trinajstić information content (AvgIpc) is 2.89. The molecule has 1 heterocycles. The molecule has 126 valence electrons. The fraction of sp³-hybridized carbons (Fsp3) is 0.462. The Morgan fingerprint density at radius 3 is 2.39 bits per heavy atom. The van der Waals surface area contributed by atoms with Crippen LogP contribution in [0.3, 0.4) is 0 Å². The van der Waals surface area contributed by atoms with Crippen molar-refractivity contribution in [2.24, 2.45) is 0 Å². The molecule has 1 aliphatic rings. The lowest BCUT2D eigenvalue weighted by atomic mass is 10.0. The quantitative estimate of drug-likeness (QED) is 0.841. The maximum Gasteiger partial charge on any atom is 0.433 e. The first-order chi connectivity index (χ1) is 10.6. The molecule has 1 fully saturated rings. The van der Waals surface area contributed by atoms with Gasteiger partial charge in [-0.1, -0.05) is 6.07 Å². The summed E-state index contributed by atoms with van der Waals surface area (Å²) in [4.78, 5) is 0.366. The van der Waals surface area contributed by atoms with Crippen molar-refractivity contribution in [3.05, 3.63) is 29.3 Å². The summed E-state index contributed by atoms with van der Waals surface area (Å²) in [6, 6.07) is 4.09. The van der Waals surface area contributed by atoms with Gasteiger partial charge in [0.25, 0.3) is 0 Å². The molecule has 2 rings (SSSR count). The lowest BCUT2D eigenvalue weighted by Gasteiger charge is -2.29. The standard InChI is InChI=1S/C13H10F6N2O2/c14-12(15,16)10-7(4-20)2-1-3-9(10)21-5-8(6-22)23-11(21)13(17,18)19/h1-3,8,11,22H,5-6H2/t8-,11+/m1/s1. The molecule has 0 unspecified atom stereocenters. The highest BCUT2D eigenvalue weighted by molar-refractivity contribution is 5.62.